The number of pyridine rings is 1. The van der Waals surface area contributed by atoms with E-state index in [1.165, 1.54) is 4.31 Å². The zero-order chi connectivity index (χ0) is 17.0. The van der Waals surface area contributed by atoms with Crippen LogP contribution in [-0.2, 0) is 19.6 Å². The molecule has 7 heteroatoms. The van der Waals surface area contributed by atoms with Crippen molar-refractivity contribution in [3.63, 3.8) is 0 Å². The van der Waals surface area contributed by atoms with Crippen LogP contribution in [0.1, 0.15) is 23.8 Å². The van der Waals surface area contributed by atoms with Crippen molar-refractivity contribution >= 4 is 16.0 Å². The van der Waals surface area contributed by atoms with Crippen molar-refractivity contribution < 1.29 is 17.9 Å². The molecule has 6 nitrogen and oxygen atoms in total. The number of benzene rings is 1. The van der Waals surface area contributed by atoms with Gasteiger partial charge in [-0.15, -0.1) is 0 Å². The molecule has 0 aliphatic carbocycles. The maximum atomic E-state index is 12.3. The number of carbonyl (C=O) groups is 1. The molecule has 1 aromatic carbocycles. The first-order chi connectivity index (χ1) is 11.6. The van der Waals surface area contributed by atoms with Crippen molar-refractivity contribution in [1.82, 2.24) is 9.29 Å². The molecular formula is C17H18N2O4S. The summed E-state index contributed by atoms with van der Waals surface area (Å²) in [5.74, 6) is -0.497. The summed E-state index contributed by atoms with van der Waals surface area (Å²) in [5.41, 5.74) is 1.38. The minimum Gasteiger partial charge on any atom is -0.450 e. The van der Waals surface area contributed by atoms with Crippen LogP contribution in [0, 0.1) is 0 Å². The molecule has 1 atom stereocenters. The Labute approximate surface area is 141 Å². The molecule has 126 valence electrons. The molecule has 1 fully saturated rings. The molecule has 1 aliphatic heterocycles. The summed E-state index contributed by atoms with van der Waals surface area (Å²) < 4.78 is 30.4. The summed E-state index contributed by atoms with van der Waals surface area (Å²) in [5, 5.41) is 0. The predicted molar refractivity (Wildman–Crippen MR) is 88.6 cm³/mol. The number of hydrogen-bond donors (Lipinski definition) is 0. The first-order valence-corrected chi connectivity index (χ1v) is 9.30. The van der Waals surface area contributed by atoms with E-state index in [0.717, 1.165) is 5.56 Å². The van der Waals surface area contributed by atoms with Gasteiger partial charge in [-0.2, -0.15) is 4.31 Å². The van der Waals surface area contributed by atoms with Gasteiger partial charge >= 0.3 is 5.97 Å². The molecule has 0 radical (unpaired) electrons. The average Bonchev–Trinajstić information content (AvgIpc) is 2.92. The number of nitrogens with zero attached hydrogens (tertiary/aromatic N) is 2. The van der Waals surface area contributed by atoms with Crippen LogP contribution in [0.5, 0.6) is 0 Å². The second-order valence-corrected chi connectivity index (χ2v) is 7.63. The molecule has 3 rings (SSSR count). The number of carbonyl (C=O) groups excluding carboxylic acids is 1. The van der Waals surface area contributed by atoms with E-state index >= 15 is 0 Å². The molecule has 2 heterocycles. The third-order valence-electron chi connectivity index (χ3n) is 3.82. The third kappa shape index (κ3) is 3.80. The largest absolute Gasteiger partial charge is 0.450 e. The van der Waals surface area contributed by atoms with E-state index in [4.69, 9.17) is 4.74 Å². The van der Waals surface area contributed by atoms with Gasteiger partial charge in [0, 0.05) is 12.7 Å². The highest BCUT2D eigenvalue weighted by Gasteiger charge is 2.31. The summed E-state index contributed by atoms with van der Waals surface area (Å²) in [6.07, 6.45) is 1.51. The first kappa shape index (κ1) is 16.6. The van der Waals surface area contributed by atoms with Gasteiger partial charge < -0.3 is 4.74 Å². The molecule has 24 heavy (non-hydrogen) atoms. The SMILES string of the molecule is O=C(CN1CCCS1(=O)=O)O[C@H](c1ccccc1)c1ccccn1. The molecular weight excluding hydrogens is 328 g/mol. The number of sulfonamides is 1. The summed E-state index contributed by atoms with van der Waals surface area (Å²) in [4.78, 5) is 16.5. The number of hydrogen-bond acceptors (Lipinski definition) is 5. The van der Waals surface area contributed by atoms with Gasteiger partial charge in [0.1, 0.15) is 6.54 Å². The highest BCUT2D eigenvalue weighted by Crippen LogP contribution is 2.25. The zero-order valence-electron chi connectivity index (χ0n) is 13.0. The second kappa shape index (κ2) is 7.11. The molecule has 0 saturated carbocycles. The minimum atomic E-state index is -3.33. The molecule has 1 saturated heterocycles. The molecule has 1 aromatic heterocycles. The van der Waals surface area contributed by atoms with Crippen LogP contribution in [0.3, 0.4) is 0 Å². The quantitative estimate of drug-likeness (QED) is 0.771. The third-order valence-corrected chi connectivity index (χ3v) is 5.72. The lowest BCUT2D eigenvalue weighted by Crippen LogP contribution is -2.33. The van der Waals surface area contributed by atoms with Gasteiger partial charge in [0.25, 0.3) is 0 Å². The van der Waals surface area contributed by atoms with Crippen LogP contribution < -0.4 is 0 Å². The van der Waals surface area contributed by atoms with E-state index in [-0.39, 0.29) is 12.3 Å². The van der Waals surface area contributed by atoms with E-state index < -0.39 is 22.1 Å². The molecule has 0 spiro atoms. The maximum absolute atomic E-state index is 12.3. The Hall–Kier alpha value is -2.25. The van der Waals surface area contributed by atoms with Crippen LogP contribution >= 0.6 is 0 Å². The number of esters is 1. The Morgan fingerprint density at radius 2 is 1.92 bits per heavy atom. The van der Waals surface area contributed by atoms with Crippen molar-refractivity contribution in [2.75, 3.05) is 18.8 Å². The normalized spacial score (nSPS) is 18.2. The molecule has 0 bridgehead atoms. The second-order valence-electron chi connectivity index (χ2n) is 5.54. The molecule has 1 aliphatic rings. The van der Waals surface area contributed by atoms with Crippen molar-refractivity contribution in [3.8, 4) is 0 Å². The van der Waals surface area contributed by atoms with E-state index in [0.29, 0.717) is 18.7 Å². The highest BCUT2D eigenvalue weighted by atomic mass is 32.2. The van der Waals surface area contributed by atoms with Gasteiger partial charge in [0.05, 0.1) is 11.4 Å². The van der Waals surface area contributed by atoms with Crippen molar-refractivity contribution in [1.29, 1.82) is 0 Å². The number of rotatable bonds is 5. The fourth-order valence-corrected chi connectivity index (χ4v) is 4.10. The summed E-state index contributed by atoms with van der Waals surface area (Å²) >= 11 is 0. The minimum absolute atomic E-state index is 0.0859. The number of ether oxygens (including phenoxy) is 1. The monoisotopic (exact) mass is 346 g/mol. The standard InChI is InChI=1S/C17H18N2O4S/c20-16(13-19-11-6-12-24(19,21)22)23-17(14-7-2-1-3-8-14)15-9-4-5-10-18-15/h1-5,7-10,17H,6,11-13H2/t17-/m1/s1. The van der Waals surface area contributed by atoms with Crippen molar-refractivity contribution in [3.05, 3.63) is 66.0 Å². The maximum Gasteiger partial charge on any atom is 0.322 e. The van der Waals surface area contributed by atoms with Gasteiger partial charge in [-0.1, -0.05) is 36.4 Å². The van der Waals surface area contributed by atoms with Gasteiger partial charge in [-0.3, -0.25) is 9.78 Å². The summed E-state index contributed by atoms with van der Waals surface area (Å²) in [7, 11) is -3.33. The van der Waals surface area contributed by atoms with Gasteiger partial charge in [-0.05, 0) is 24.1 Å². The fourth-order valence-electron chi connectivity index (χ4n) is 2.64. The van der Waals surface area contributed by atoms with Crippen molar-refractivity contribution in [2.24, 2.45) is 0 Å². The van der Waals surface area contributed by atoms with E-state index in [1.807, 2.05) is 36.4 Å². The lowest BCUT2D eigenvalue weighted by molar-refractivity contribution is -0.147. The van der Waals surface area contributed by atoms with Gasteiger partial charge in [-0.25, -0.2) is 8.42 Å². The Morgan fingerprint density at radius 3 is 2.54 bits per heavy atom. The van der Waals surface area contributed by atoms with Crippen LogP contribution in [-0.4, -0.2) is 42.5 Å². The van der Waals surface area contributed by atoms with Crippen LogP contribution in [0.4, 0.5) is 0 Å². The predicted octanol–water partition coefficient (Wildman–Crippen LogP) is 1.75. The van der Waals surface area contributed by atoms with Crippen molar-refractivity contribution in [2.45, 2.75) is 12.5 Å². The zero-order valence-corrected chi connectivity index (χ0v) is 13.9. The van der Waals surface area contributed by atoms with E-state index in [2.05, 4.69) is 4.98 Å². The Kier molecular flexibility index (Phi) is 4.92. The van der Waals surface area contributed by atoms with Gasteiger partial charge in [0.2, 0.25) is 10.0 Å². The Balaban J connectivity index is 1.78. The highest BCUT2D eigenvalue weighted by molar-refractivity contribution is 7.89. The average molecular weight is 346 g/mol. The fraction of sp³-hybridized carbons (Fsp3) is 0.294. The van der Waals surface area contributed by atoms with E-state index in [9.17, 15) is 13.2 Å². The lowest BCUT2D eigenvalue weighted by Gasteiger charge is -2.20. The van der Waals surface area contributed by atoms with Gasteiger partial charge in [0.15, 0.2) is 6.10 Å². The van der Waals surface area contributed by atoms with E-state index in [1.54, 1.807) is 18.3 Å². The molecule has 0 unspecified atom stereocenters. The first-order valence-electron chi connectivity index (χ1n) is 7.69. The summed E-state index contributed by atoms with van der Waals surface area (Å²) in [6, 6.07) is 14.6. The Morgan fingerprint density at radius 1 is 1.17 bits per heavy atom. The molecule has 0 amide bonds. The lowest BCUT2D eigenvalue weighted by atomic mass is 10.1. The van der Waals surface area contributed by atoms with Crippen LogP contribution in [0.15, 0.2) is 54.7 Å². The molecule has 2 aromatic rings. The Bertz CT molecular complexity index is 754. The van der Waals surface area contributed by atoms with Crippen LogP contribution in [0.25, 0.3) is 0 Å². The smallest absolute Gasteiger partial charge is 0.322 e. The molecule has 0 N–H and O–H groups in total. The topological polar surface area (TPSA) is 76.6 Å². The number of aromatic nitrogens is 1. The van der Waals surface area contributed by atoms with Crippen LogP contribution in [0.2, 0.25) is 0 Å². The summed E-state index contributed by atoms with van der Waals surface area (Å²) in [6.45, 7) is 0.0928.